The van der Waals surface area contributed by atoms with Crippen LogP contribution in [0.5, 0.6) is 0 Å². The molecule has 1 heterocycles. The molecule has 4 heteroatoms. The first-order valence-electron chi connectivity index (χ1n) is 5.65. The van der Waals surface area contributed by atoms with Crippen molar-refractivity contribution in [1.82, 2.24) is 15.0 Å². The van der Waals surface area contributed by atoms with E-state index in [0.717, 1.165) is 37.3 Å². The average Bonchev–Trinajstić information content (AvgIpc) is 2.23. The van der Waals surface area contributed by atoms with Gasteiger partial charge < -0.3 is 0 Å². The van der Waals surface area contributed by atoms with E-state index >= 15 is 0 Å². The molecular formula is C11H18BrN3. The maximum Gasteiger partial charge on any atom is 0.200 e. The van der Waals surface area contributed by atoms with Gasteiger partial charge in [-0.1, -0.05) is 26.7 Å². The van der Waals surface area contributed by atoms with E-state index in [9.17, 15) is 0 Å². The van der Waals surface area contributed by atoms with Crippen molar-refractivity contribution in [3.8, 4) is 0 Å². The van der Waals surface area contributed by atoms with Crippen LogP contribution in [-0.2, 0) is 12.8 Å². The molecule has 0 N–H and O–H groups in total. The topological polar surface area (TPSA) is 38.7 Å². The maximum absolute atomic E-state index is 4.46. The smallest absolute Gasteiger partial charge is 0.200 e. The lowest BCUT2D eigenvalue weighted by molar-refractivity contribution is 0.693. The SMILES string of the molecule is CCCCc1nc(Br)nc(CCCC)n1. The summed E-state index contributed by atoms with van der Waals surface area (Å²) in [6, 6.07) is 0. The van der Waals surface area contributed by atoms with Gasteiger partial charge in [-0.25, -0.2) is 15.0 Å². The Morgan fingerprint density at radius 3 is 1.73 bits per heavy atom. The quantitative estimate of drug-likeness (QED) is 0.797. The zero-order chi connectivity index (χ0) is 11.1. The lowest BCUT2D eigenvalue weighted by Gasteiger charge is -2.03. The Hall–Kier alpha value is -0.510. The molecule has 0 saturated carbocycles. The second-order valence-corrected chi connectivity index (χ2v) is 4.35. The molecule has 0 spiro atoms. The van der Waals surface area contributed by atoms with Gasteiger partial charge in [-0.3, -0.25) is 0 Å². The zero-order valence-corrected chi connectivity index (χ0v) is 11.0. The van der Waals surface area contributed by atoms with Gasteiger partial charge in [0.25, 0.3) is 0 Å². The largest absolute Gasteiger partial charge is 0.218 e. The number of rotatable bonds is 6. The van der Waals surface area contributed by atoms with Gasteiger partial charge in [0.05, 0.1) is 0 Å². The van der Waals surface area contributed by atoms with E-state index in [1.807, 2.05) is 0 Å². The Kier molecular flexibility index (Phi) is 5.76. The molecule has 0 aliphatic carbocycles. The van der Waals surface area contributed by atoms with Crippen molar-refractivity contribution in [3.05, 3.63) is 16.4 Å². The number of hydrogen-bond acceptors (Lipinski definition) is 3. The third kappa shape index (κ3) is 4.69. The van der Waals surface area contributed by atoms with Gasteiger partial charge in [0.1, 0.15) is 11.6 Å². The van der Waals surface area contributed by atoms with E-state index in [1.165, 1.54) is 12.8 Å². The first-order chi connectivity index (χ1) is 7.26. The second-order valence-electron chi connectivity index (χ2n) is 3.64. The van der Waals surface area contributed by atoms with Gasteiger partial charge >= 0.3 is 0 Å². The molecule has 0 radical (unpaired) electrons. The molecule has 1 aromatic rings. The van der Waals surface area contributed by atoms with Crippen molar-refractivity contribution in [2.75, 3.05) is 0 Å². The molecule has 84 valence electrons. The van der Waals surface area contributed by atoms with E-state index < -0.39 is 0 Å². The number of nitrogens with zero attached hydrogens (tertiary/aromatic N) is 3. The number of hydrogen-bond donors (Lipinski definition) is 0. The van der Waals surface area contributed by atoms with Crippen LogP contribution in [-0.4, -0.2) is 15.0 Å². The Bertz CT molecular complexity index is 276. The molecule has 1 rings (SSSR count). The van der Waals surface area contributed by atoms with Crippen molar-refractivity contribution >= 4 is 15.9 Å². The zero-order valence-electron chi connectivity index (χ0n) is 9.46. The minimum atomic E-state index is 0.676. The fourth-order valence-corrected chi connectivity index (χ4v) is 1.74. The third-order valence-electron chi connectivity index (χ3n) is 2.21. The molecule has 0 aromatic carbocycles. The lowest BCUT2D eigenvalue weighted by atomic mass is 10.2. The van der Waals surface area contributed by atoms with Crippen LogP contribution < -0.4 is 0 Å². The predicted octanol–water partition coefficient (Wildman–Crippen LogP) is 3.32. The highest BCUT2D eigenvalue weighted by Crippen LogP contribution is 2.08. The number of unbranched alkanes of at least 4 members (excludes halogenated alkanes) is 2. The van der Waals surface area contributed by atoms with E-state index in [4.69, 9.17) is 0 Å². The Morgan fingerprint density at radius 2 is 1.33 bits per heavy atom. The first kappa shape index (κ1) is 12.6. The summed E-state index contributed by atoms with van der Waals surface area (Å²) in [5.41, 5.74) is 0. The molecular weight excluding hydrogens is 254 g/mol. The highest BCUT2D eigenvalue weighted by atomic mass is 79.9. The fraction of sp³-hybridized carbons (Fsp3) is 0.727. The van der Waals surface area contributed by atoms with Crippen molar-refractivity contribution in [3.63, 3.8) is 0 Å². The van der Waals surface area contributed by atoms with Crippen molar-refractivity contribution in [1.29, 1.82) is 0 Å². The average molecular weight is 272 g/mol. The van der Waals surface area contributed by atoms with Gasteiger partial charge in [0.2, 0.25) is 0 Å². The summed E-state index contributed by atoms with van der Waals surface area (Å²) in [7, 11) is 0. The summed E-state index contributed by atoms with van der Waals surface area (Å²) in [5.74, 6) is 1.84. The van der Waals surface area contributed by atoms with Crippen molar-refractivity contribution in [2.45, 2.75) is 52.4 Å². The predicted molar refractivity (Wildman–Crippen MR) is 64.8 cm³/mol. The fourth-order valence-electron chi connectivity index (χ4n) is 1.33. The van der Waals surface area contributed by atoms with Crippen LogP contribution in [0.25, 0.3) is 0 Å². The number of aromatic nitrogens is 3. The van der Waals surface area contributed by atoms with E-state index in [0.29, 0.717) is 4.73 Å². The summed E-state index contributed by atoms with van der Waals surface area (Å²) in [6.45, 7) is 4.35. The highest BCUT2D eigenvalue weighted by Gasteiger charge is 2.03. The lowest BCUT2D eigenvalue weighted by Crippen LogP contribution is -2.04. The third-order valence-corrected chi connectivity index (χ3v) is 2.56. The normalized spacial score (nSPS) is 10.6. The summed E-state index contributed by atoms with van der Waals surface area (Å²) in [5, 5.41) is 0. The van der Waals surface area contributed by atoms with Crippen LogP contribution in [0.1, 0.15) is 51.2 Å². The molecule has 0 amide bonds. The molecule has 1 aromatic heterocycles. The van der Waals surface area contributed by atoms with Gasteiger partial charge in [-0.15, -0.1) is 0 Å². The Labute approximate surface area is 99.9 Å². The minimum absolute atomic E-state index is 0.676. The van der Waals surface area contributed by atoms with Crippen LogP contribution in [0.3, 0.4) is 0 Å². The summed E-state index contributed by atoms with van der Waals surface area (Å²) in [4.78, 5) is 13.0. The van der Waals surface area contributed by atoms with Crippen LogP contribution in [0, 0.1) is 0 Å². The molecule has 0 bridgehead atoms. The number of halogens is 1. The van der Waals surface area contributed by atoms with E-state index in [2.05, 4.69) is 44.7 Å². The van der Waals surface area contributed by atoms with Gasteiger partial charge in [0, 0.05) is 12.8 Å². The second kappa shape index (κ2) is 6.88. The van der Waals surface area contributed by atoms with E-state index in [-0.39, 0.29) is 0 Å². The first-order valence-corrected chi connectivity index (χ1v) is 6.44. The maximum atomic E-state index is 4.46. The molecule has 0 aliphatic rings. The van der Waals surface area contributed by atoms with Gasteiger partial charge in [0.15, 0.2) is 4.73 Å². The monoisotopic (exact) mass is 271 g/mol. The van der Waals surface area contributed by atoms with Gasteiger partial charge in [-0.05, 0) is 28.8 Å². The van der Waals surface area contributed by atoms with Crippen LogP contribution in [0.2, 0.25) is 0 Å². The van der Waals surface area contributed by atoms with Crippen LogP contribution in [0.4, 0.5) is 0 Å². The molecule has 0 saturated heterocycles. The molecule has 15 heavy (non-hydrogen) atoms. The molecule has 0 atom stereocenters. The number of aryl methyl sites for hydroxylation is 2. The molecule has 3 nitrogen and oxygen atoms in total. The Morgan fingerprint density at radius 1 is 0.867 bits per heavy atom. The van der Waals surface area contributed by atoms with Crippen LogP contribution in [0.15, 0.2) is 4.73 Å². The van der Waals surface area contributed by atoms with Crippen LogP contribution >= 0.6 is 15.9 Å². The summed E-state index contributed by atoms with van der Waals surface area (Å²) in [6.07, 6.45) is 6.54. The van der Waals surface area contributed by atoms with Gasteiger partial charge in [-0.2, -0.15) is 0 Å². The molecule has 0 unspecified atom stereocenters. The summed E-state index contributed by atoms with van der Waals surface area (Å²) < 4.78 is 0.676. The molecule has 0 aliphatic heterocycles. The summed E-state index contributed by atoms with van der Waals surface area (Å²) >= 11 is 3.33. The standard InChI is InChI=1S/C11H18BrN3/c1-3-5-7-9-13-10(8-6-4-2)15-11(12)14-9/h3-8H2,1-2H3. The Balaban J connectivity index is 2.66. The van der Waals surface area contributed by atoms with E-state index in [1.54, 1.807) is 0 Å². The van der Waals surface area contributed by atoms with Crippen molar-refractivity contribution < 1.29 is 0 Å². The molecule has 0 fully saturated rings. The van der Waals surface area contributed by atoms with Crippen molar-refractivity contribution in [2.24, 2.45) is 0 Å². The minimum Gasteiger partial charge on any atom is -0.218 e. The highest BCUT2D eigenvalue weighted by molar-refractivity contribution is 9.10.